The highest BCUT2D eigenvalue weighted by molar-refractivity contribution is 7.09. The Hall–Kier alpha value is -0.670. The first-order chi connectivity index (χ1) is 10.1. The molecule has 3 heteroatoms. The zero-order valence-electron chi connectivity index (χ0n) is 12.9. The molecule has 0 unspecified atom stereocenters. The summed E-state index contributed by atoms with van der Waals surface area (Å²) in [5.41, 5.74) is 0.0679. The van der Waals surface area contributed by atoms with Gasteiger partial charge in [0.15, 0.2) is 5.78 Å². The Balaban J connectivity index is 1.42. The van der Waals surface area contributed by atoms with Crippen LogP contribution in [-0.4, -0.2) is 24.3 Å². The molecule has 4 fully saturated rings. The summed E-state index contributed by atoms with van der Waals surface area (Å²) in [6, 6.07) is 4.26. The van der Waals surface area contributed by atoms with Gasteiger partial charge < -0.3 is 0 Å². The minimum atomic E-state index is 0.0679. The summed E-state index contributed by atoms with van der Waals surface area (Å²) in [7, 11) is 2.10. The number of carbonyl (C=O) groups is 1. The summed E-state index contributed by atoms with van der Waals surface area (Å²) in [6.45, 7) is 1.56. The lowest BCUT2D eigenvalue weighted by molar-refractivity contribution is -0.144. The van der Waals surface area contributed by atoms with Crippen molar-refractivity contribution in [2.75, 3.05) is 13.6 Å². The number of nitrogens with zero attached hydrogens (tertiary/aromatic N) is 1. The van der Waals surface area contributed by atoms with Crippen LogP contribution in [0.4, 0.5) is 0 Å². The van der Waals surface area contributed by atoms with Gasteiger partial charge in [-0.15, -0.1) is 11.3 Å². The molecular formula is C18H25NOS. The fraction of sp³-hybridized carbons (Fsp3) is 0.722. The van der Waals surface area contributed by atoms with Gasteiger partial charge in [-0.1, -0.05) is 6.07 Å². The minimum Gasteiger partial charge on any atom is -0.298 e. The average Bonchev–Trinajstić information content (AvgIpc) is 2.89. The Morgan fingerprint density at radius 3 is 2.38 bits per heavy atom. The third-order valence-corrected chi connectivity index (χ3v) is 6.91. The SMILES string of the molecule is CN(CC(=O)C12CC3CC(CC(C3)C1)C2)Cc1cccs1. The number of hydrogen-bond acceptors (Lipinski definition) is 3. The highest BCUT2D eigenvalue weighted by Gasteiger charge is 2.54. The van der Waals surface area contributed by atoms with Gasteiger partial charge in [-0.3, -0.25) is 9.69 Å². The fourth-order valence-corrected chi connectivity index (χ4v) is 6.37. The summed E-state index contributed by atoms with van der Waals surface area (Å²) in [4.78, 5) is 16.6. The Labute approximate surface area is 131 Å². The van der Waals surface area contributed by atoms with Crippen molar-refractivity contribution in [3.8, 4) is 0 Å². The van der Waals surface area contributed by atoms with Gasteiger partial charge in [-0.05, 0) is 74.8 Å². The number of ketones is 1. The molecule has 0 saturated heterocycles. The normalized spacial score (nSPS) is 37.3. The first kappa shape index (κ1) is 14.0. The largest absolute Gasteiger partial charge is 0.298 e. The van der Waals surface area contributed by atoms with Crippen molar-refractivity contribution >= 4 is 17.1 Å². The van der Waals surface area contributed by atoms with Gasteiger partial charge in [-0.2, -0.15) is 0 Å². The first-order valence-electron chi connectivity index (χ1n) is 8.37. The molecule has 0 atom stereocenters. The smallest absolute Gasteiger partial charge is 0.152 e. The highest BCUT2D eigenvalue weighted by atomic mass is 32.1. The van der Waals surface area contributed by atoms with Gasteiger partial charge in [-0.25, -0.2) is 0 Å². The van der Waals surface area contributed by atoms with E-state index in [9.17, 15) is 4.79 Å². The van der Waals surface area contributed by atoms with Crippen molar-refractivity contribution in [2.24, 2.45) is 23.2 Å². The number of thiophene rings is 1. The summed E-state index contributed by atoms with van der Waals surface area (Å²) >= 11 is 1.78. The maximum atomic E-state index is 13.0. The van der Waals surface area contributed by atoms with E-state index in [2.05, 4.69) is 29.5 Å². The second kappa shape index (κ2) is 5.20. The standard InChI is InChI=1S/C18H25NOS/c1-19(11-16-3-2-4-21-16)12-17(20)18-8-13-5-14(9-18)7-15(6-13)10-18/h2-4,13-15H,5-12H2,1H3. The molecular weight excluding hydrogens is 278 g/mol. The van der Waals surface area contributed by atoms with E-state index in [4.69, 9.17) is 0 Å². The van der Waals surface area contributed by atoms with Crippen molar-refractivity contribution in [2.45, 2.75) is 45.1 Å². The van der Waals surface area contributed by atoms with E-state index in [0.717, 1.165) is 24.3 Å². The van der Waals surface area contributed by atoms with Crippen molar-refractivity contribution in [1.82, 2.24) is 4.90 Å². The molecule has 0 spiro atoms. The molecule has 0 N–H and O–H groups in total. The van der Waals surface area contributed by atoms with E-state index in [-0.39, 0.29) is 5.41 Å². The molecule has 4 aliphatic rings. The maximum Gasteiger partial charge on any atom is 0.152 e. The number of rotatable bonds is 5. The van der Waals surface area contributed by atoms with Crippen molar-refractivity contribution in [1.29, 1.82) is 0 Å². The van der Waals surface area contributed by atoms with Crippen LogP contribution < -0.4 is 0 Å². The predicted molar refractivity (Wildman–Crippen MR) is 86.3 cm³/mol. The number of Topliss-reactive ketones (excluding diaryl/α,β-unsaturated/α-hetero) is 1. The molecule has 4 aliphatic carbocycles. The molecule has 1 aromatic rings. The Kier molecular flexibility index (Phi) is 3.46. The third kappa shape index (κ3) is 2.59. The molecule has 1 heterocycles. The molecule has 21 heavy (non-hydrogen) atoms. The van der Waals surface area contributed by atoms with Crippen LogP contribution in [0, 0.1) is 23.2 Å². The van der Waals surface area contributed by atoms with E-state index in [1.807, 2.05) is 0 Å². The summed E-state index contributed by atoms with van der Waals surface area (Å²) in [5, 5.41) is 2.12. The van der Waals surface area contributed by atoms with Crippen molar-refractivity contribution in [3.05, 3.63) is 22.4 Å². The summed E-state index contributed by atoms with van der Waals surface area (Å²) in [6.07, 6.45) is 7.84. The van der Waals surface area contributed by atoms with Crippen LogP contribution in [-0.2, 0) is 11.3 Å². The Morgan fingerprint density at radius 2 is 1.86 bits per heavy atom. The molecule has 0 radical (unpaired) electrons. The van der Waals surface area contributed by atoms with Gasteiger partial charge in [0.25, 0.3) is 0 Å². The molecule has 0 amide bonds. The lowest BCUT2D eigenvalue weighted by Crippen LogP contribution is -2.52. The average molecular weight is 303 g/mol. The van der Waals surface area contributed by atoms with E-state index in [1.165, 1.54) is 43.4 Å². The molecule has 1 aromatic heterocycles. The Bertz CT molecular complexity index is 486. The molecule has 4 bridgehead atoms. The number of likely N-dealkylation sites (N-methyl/N-ethyl adjacent to an activating group) is 1. The van der Waals surface area contributed by atoms with Crippen LogP contribution in [0.2, 0.25) is 0 Å². The zero-order valence-corrected chi connectivity index (χ0v) is 13.7. The van der Waals surface area contributed by atoms with Crippen molar-refractivity contribution < 1.29 is 4.79 Å². The minimum absolute atomic E-state index is 0.0679. The van der Waals surface area contributed by atoms with Gasteiger partial charge in [0, 0.05) is 16.8 Å². The number of hydrogen-bond donors (Lipinski definition) is 0. The molecule has 0 aliphatic heterocycles. The fourth-order valence-electron chi connectivity index (χ4n) is 5.59. The van der Waals surface area contributed by atoms with E-state index in [1.54, 1.807) is 11.3 Å². The maximum absolute atomic E-state index is 13.0. The second-order valence-electron chi connectivity index (χ2n) is 7.87. The predicted octanol–water partition coefficient (Wildman–Crippen LogP) is 3.97. The zero-order chi connectivity index (χ0) is 14.4. The van der Waals surface area contributed by atoms with E-state index >= 15 is 0 Å². The van der Waals surface area contributed by atoms with Gasteiger partial charge in [0.2, 0.25) is 0 Å². The third-order valence-electron chi connectivity index (χ3n) is 6.05. The monoisotopic (exact) mass is 303 g/mol. The van der Waals surface area contributed by atoms with Gasteiger partial charge in [0.1, 0.15) is 0 Å². The Morgan fingerprint density at radius 1 is 1.24 bits per heavy atom. The van der Waals surface area contributed by atoms with Crippen LogP contribution in [0.5, 0.6) is 0 Å². The summed E-state index contributed by atoms with van der Waals surface area (Å²) in [5.74, 6) is 3.13. The van der Waals surface area contributed by atoms with Gasteiger partial charge in [0.05, 0.1) is 6.54 Å². The van der Waals surface area contributed by atoms with E-state index < -0.39 is 0 Å². The van der Waals surface area contributed by atoms with Crippen LogP contribution >= 0.6 is 11.3 Å². The molecule has 2 nitrogen and oxygen atoms in total. The number of carbonyl (C=O) groups excluding carboxylic acids is 1. The van der Waals surface area contributed by atoms with E-state index in [0.29, 0.717) is 12.3 Å². The molecule has 4 saturated carbocycles. The molecule has 5 rings (SSSR count). The van der Waals surface area contributed by atoms with Crippen LogP contribution in [0.1, 0.15) is 43.4 Å². The quantitative estimate of drug-likeness (QED) is 0.820. The van der Waals surface area contributed by atoms with Gasteiger partial charge >= 0.3 is 0 Å². The first-order valence-corrected chi connectivity index (χ1v) is 9.25. The molecule has 114 valence electrons. The van der Waals surface area contributed by atoms with Crippen LogP contribution in [0.3, 0.4) is 0 Å². The summed E-state index contributed by atoms with van der Waals surface area (Å²) < 4.78 is 0. The van der Waals surface area contributed by atoms with Crippen LogP contribution in [0.15, 0.2) is 17.5 Å². The molecule has 0 aromatic carbocycles. The second-order valence-corrected chi connectivity index (χ2v) is 8.90. The topological polar surface area (TPSA) is 20.3 Å². The highest BCUT2D eigenvalue weighted by Crippen LogP contribution is 2.60. The lowest BCUT2D eigenvalue weighted by Gasteiger charge is -2.56. The lowest BCUT2D eigenvalue weighted by atomic mass is 9.48. The van der Waals surface area contributed by atoms with Crippen molar-refractivity contribution in [3.63, 3.8) is 0 Å². The van der Waals surface area contributed by atoms with Crippen LogP contribution in [0.25, 0.3) is 0 Å².